The third-order valence-corrected chi connectivity index (χ3v) is 4.10. The maximum atomic E-state index is 11.8. The summed E-state index contributed by atoms with van der Waals surface area (Å²) < 4.78 is 0. The van der Waals surface area contributed by atoms with Gasteiger partial charge in [0.2, 0.25) is 5.91 Å². The fraction of sp³-hybridized carbons (Fsp3) is 0.235. The second kappa shape index (κ2) is 7.74. The molecule has 0 saturated heterocycles. The number of carbonyl (C=O) groups is 1. The van der Waals surface area contributed by atoms with Gasteiger partial charge in [-0.25, -0.2) is 0 Å². The van der Waals surface area contributed by atoms with E-state index < -0.39 is 0 Å². The summed E-state index contributed by atoms with van der Waals surface area (Å²) in [7, 11) is 0. The molecule has 0 radical (unpaired) electrons. The van der Waals surface area contributed by atoms with Crippen molar-refractivity contribution in [2.24, 2.45) is 0 Å². The molecular weight excluding hydrogens is 280 g/mol. The Morgan fingerprint density at radius 1 is 1.19 bits per heavy atom. The van der Waals surface area contributed by atoms with Crippen LogP contribution >= 0.6 is 11.8 Å². The summed E-state index contributed by atoms with van der Waals surface area (Å²) >= 11 is 1.74. The van der Waals surface area contributed by atoms with Crippen LogP contribution in [0.1, 0.15) is 18.4 Å². The van der Waals surface area contributed by atoms with Crippen molar-refractivity contribution in [3.05, 3.63) is 54.1 Å². The van der Waals surface area contributed by atoms with E-state index in [9.17, 15) is 4.79 Å². The molecule has 0 aliphatic heterocycles. The number of nitrogens with one attached hydrogen (secondary N) is 1. The van der Waals surface area contributed by atoms with Crippen LogP contribution in [0.25, 0.3) is 0 Å². The Bertz CT molecular complexity index is 596. The Kier molecular flexibility index (Phi) is 5.69. The number of aryl methyl sites for hydroxylation is 1. The van der Waals surface area contributed by atoms with E-state index in [-0.39, 0.29) is 5.91 Å². The number of nitrogen functional groups attached to an aromatic ring is 1. The van der Waals surface area contributed by atoms with Gasteiger partial charge in [-0.15, -0.1) is 11.8 Å². The first kappa shape index (κ1) is 15.4. The van der Waals surface area contributed by atoms with Crippen LogP contribution in [-0.2, 0) is 4.79 Å². The summed E-state index contributed by atoms with van der Waals surface area (Å²) in [6, 6.07) is 15.6. The van der Waals surface area contributed by atoms with Crippen LogP contribution in [0.5, 0.6) is 0 Å². The minimum atomic E-state index is 0.0681. The maximum absolute atomic E-state index is 11.8. The van der Waals surface area contributed by atoms with Crippen LogP contribution in [0.4, 0.5) is 11.4 Å². The normalized spacial score (nSPS) is 10.3. The van der Waals surface area contributed by atoms with E-state index >= 15 is 0 Å². The molecule has 0 bridgehead atoms. The topological polar surface area (TPSA) is 55.1 Å². The lowest BCUT2D eigenvalue weighted by molar-refractivity contribution is -0.116. The highest BCUT2D eigenvalue weighted by atomic mass is 32.2. The molecule has 0 heterocycles. The molecule has 3 N–H and O–H groups in total. The van der Waals surface area contributed by atoms with Crippen LogP contribution in [0.3, 0.4) is 0 Å². The Balaban J connectivity index is 1.68. The third kappa shape index (κ3) is 5.52. The fourth-order valence-electron chi connectivity index (χ4n) is 1.93. The molecule has 4 heteroatoms. The average molecular weight is 300 g/mol. The van der Waals surface area contributed by atoms with Crippen LogP contribution in [0.2, 0.25) is 0 Å². The molecular formula is C17H20N2OS. The Hall–Kier alpha value is -1.94. The minimum Gasteiger partial charge on any atom is -0.399 e. The van der Waals surface area contributed by atoms with Crippen molar-refractivity contribution < 1.29 is 4.79 Å². The highest BCUT2D eigenvalue weighted by molar-refractivity contribution is 7.99. The molecule has 110 valence electrons. The Morgan fingerprint density at radius 2 is 1.95 bits per heavy atom. The van der Waals surface area contributed by atoms with Crippen molar-refractivity contribution in [1.82, 2.24) is 0 Å². The molecule has 2 aromatic carbocycles. The first-order valence-electron chi connectivity index (χ1n) is 6.98. The number of benzene rings is 2. The molecule has 0 aliphatic rings. The van der Waals surface area contributed by atoms with Gasteiger partial charge in [0.15, 0.2) is 0 Å². The number of amides is 1. The molecule has 2 aromatic rings. The molecule has 0 atom stereocenters. The highest BCUT2D eigenvalue weighted by Gasteiger charge is 2.03. The van der Waals surface area contributed by atoms with Gasteiger partial charge in [0.1, 0.15) is 0 Å². The van der Waals surface area contributed by atoms with Crippen molar-refractivity contribution in [3.8, 4) is 0 Å². The van der Waals surface area contributed by atoms with Gasteiger partial charge < -0.3 is 11.1 Å². The number of hydrogen-bond donors (Lipinski definition) is 2. The minimum absolute atomic E-state index is 0.0681. The summed E-state index contributed by atoms with van der Waals surface area (Å²) in [6.45, 7) is 2.01. The van der Waals surface area contributed by atoms with Gasteiger partial charge >= 0.3 is 0 Å². The number of anilines is 2. The van der Waals surface area contributed by atoms with E-state index in [2.05, 4.69) is 5.32 Å². The van der Waals surface area contributed by atoms with Gasteiger partial charge in [0.25, 0.3) is 0 Å². The molecule has 0 saturated carbocycles. The third-order valence-electron chi connectivity index (χ3n) is 3.00. The maximum Gasteiger partial charge on any atom is 0.224 e. The lowest BCUT2D eigenvalue weighted by atomic mass is 10.2. The summed E-state index contributed by atoms with van der Waals surface area (Å²) in [5.74, 6) is 0.990. The van der Waals surface area contributed by atoms with Crippen LogP contribution in [-0.4, -0.2) is 11.7 Å². The standard InChI is InChI=1S/C17H20N2OS/c1-13-4-2-5-15(12-13)19-17(20)6-3-11-21-16-9-7-14(18)8-10-16/h2,4-5,7-10,12H,3,6,11,18H2,1H3,(H,19,20). The first-order valence-corrected chi connectivity index (χ1v) is 7.97. The second-order valence-corrected chi connectivity index (χ2v) is 6.11. The van der Waals surface area contributed by atoms with Crippen molar-refractivity contribution >= 4 is 29.0 Å². The second-order valence-electron chi connectivity index (χ2n) is 4.94. The van der Waals surface area contributed by atoms with Crippen molar-refractivity contribution in [2.45, 2.75) is 24.7 Å². The SMILES string of the molecule is Cc1cccc(NC(=O)CCCSc2ccc(N)cc2)c1. The van der Waals surface area contributed by atoms with E-state index in [1.165, 1.54) is 4.90 Å². The molecule has 0 spiro atoms. The molecule has 0 fully saturated rings. The number of nitrogens with two attached hydrogens (primary N) is 1. The van der Waals surface area contributed by atoms with E-state index in [0.717, 1.165) is 29.1 Å². The molecule has 2 rings (SSSR count). The molecule has 0 aromatic heterocycles. The largest absolute Gasteiger partial charge is 0.399 e. The van der Waals surface area contributed by atoms with Crippen molar-refractivity contribution in [3.63, 3.8) is 0 Å². The predicted octanol–water partition coefficient (Wildman–Crippen LogP) is 4.09. The number of carbonyl (C=O) groups excluding carboxylic acids is 1. The van der Waals surface area contributed by atoms with Crippen LogP contribution in [0, 0.1) is 6.92 Å². The van der Waals surface area contributed by atoms with Crippen LogP contribution in [0.15, 0.2) is 53.4 Å². The fourth-order valence-corrected chi connectivity index (χ4v) is 2.79. The van der Waals surface area contributed by atoms with E-state index in [1.807, 2.05) is 55.5 Å². The number of hydrogen-bond acceptors (Lipinski definition) is 3. The lowest BCUT2D eigenvalue weighted by Gasteiger charge is -2.06. The zero-order chi connectivity index (χ0) is 15.1. The summed E-state index contributed by atoms with van der Waals surface area (Å²) in [5.41, 5.74) is 8.43. The van der Waals surface area contributed by atoms with Crippen molar-refractivity contribution in [1.29, 1.82) is 0 Å². The zero-order valence-corrected chi connectivity index (χ0v) is 13.0. The number of rotatable bonds is 6. The van der Waals surface area contributed by atoms with E-state index in [4.69, 9.17) is 5.73 Å². The first-order chi connectivity index (χ1) is 10.1. The van der Waals surface area contributed by atoms with Crippen molar-refractivity contribution in [2.75, 3.05) is 16.8 Å². The van der Waals surface area contributed by atoms with Gasteiger partial charge in [-0.3, -0.25) is 4.79 Å². The van der Waals surface area contributed by atoms with Crippen LogP contribution < -0.4 is 11.1 Å². The molecule has 0 unspecified atom stereocenters. The monoisotopic (exact) mass is 300 g/mol. The quantitative estimate of drug-likeness (QED) is 0.480. The van der Waals surface area contributed by atoms with E-state index in [1.54, 1.807) is 11.8 Å². The van der Waals surface area contributed by atoms with Gasteiger partial charge in [-0.1, -0.05) is 12.1 Å². The van der Waals surface area contributed by atoms with Gasteiger partial charge in [0, 0.05) is 22.7 Å². The Morgan fingerprint density at radius 3 is 2.67 bits per heavy atom. The Labute approximate surface area is 129 Å². The zero-order valence-electron chi connectivity index (χ0n) is 12.1. The summed E-state index contributed by atoms with van der Waals surface area (Å²) in [5, 5.41) is 2.92. The van der Waals surface area contributed by atoms with Gasteiger partial charge in [0.05, 0.1) is 0 Å². The van der Waals surface area contributed by atoms with Gasteiger partial charge in [-0.05, 0) is 61.1 Å². The van der Waals surface area contributed by atoms with Gasteiger partial charge in [-0.2, -0.15) is 0 Å². The molecule has 3 nitrogen and oxygen atoms in total. The lowest BCUT2D eigenvalue weighted by Crippen LogP contribution is -2.11. The molecule has 0 aliphatic carbocycles. The highest BCUT2D eigenvalue weighted by Crippen LogP contribution is 2.20. The summed E-state index contributed by atoms with van der Waals surface area (Å²) in [6.07, 6.45) is 1.39. The van der Waals surface area contributed by atoms with E-state index in [0.29, 0.717) is 6.42 Å². The number of thioether (sulfide) groups is 1. The molecule has 1 amide bonds. The smallest absolute Gasteiger partial charge is 0.224 e. The average Bonchev–Trinajstić information content (AvgIpc) is 2.45. The summed E-state index contributed by atoms with van der Waals surface area (Å²) in [4.78, 5) is 13.0. The predicted molar refractivity (Wildman–Crippen MR) is 90.6 cm³/mol. The molecule has 21 heavy (non-hydrogen) atoms.